The molecule has 0 bridgehead atoms. The highest BCUT2D eigenvalue weighted by Crippen LogP contribution is 1.97. The smallest absolute Gasteiger partial charge is 0.376 e. The molecule has 0 rings (SSSR count). The van der Waals surface area contributed by atoms with Gasteiger partial charge < -0.3 is 22.8 Å². The number of methoxy groups -OCH3 is 2. The van der Waals surface area contributed by atoms with Gasteiger partial charge in [-0.1, -0.05) is 0 Å². The molecule has 0 heterocycles. The minimum Gasteiger partial charge on any atom is -0.376 e. The maximum atomic E-state index is 5.41. The monoisotopic (exact) mass is 224 g/mol. The van der Waals surface area contributed by atoms with Crippen LogP contribution in [-0.2, 0) is 22.8 Å². The lowest BCUT2D eigenvalue weighted by molar-refractivity contribution is -0.129. The predicted octanol–water partition coefficient (Wildman–Crippen LogP) is 0.412. The van der Waals surface area contributed by atoms with Gasteiger partial charge in [-0.05, 0) is 13.8 Å². The van der Waals surface area contributed by atoms with Crippen molar-refractivity contribution in [3.63, 3.8) is 0 Å². The molecule has 0 atom stereocenters. The Labute approximate surface area is 87.2 Å². The van der Waals surface area contributed by atoms with E-state index in [-0.39, 0.29) is 6.29 Å². The SMILES string of the molecule is CCO[SiH](OCC)OCC(OC)OC. The van der Waals surface area contributed by atoms with Gasteiger partial charge in [-0.2, -0.15) is 0 Å². The van der Waals surface area contributed by atoms with Gasteiger partial charge in [-0.3, -0.25) is 0 Å². The van der Waals surface area contributed by atoms with Crippen molar-refractivity contribution in [3.05, 3.63) is 0 Å². The van der Waals surface area contributed by atoms with Gasteiger partial charge in [0.1, 0.15) is 0 Å². The molecule has 6 heteroatoms. The van der Waals surface area contributed by atoms with Gasteiger partial charge in [-0.25, -0.2) is 0 Å². The summed E-state index contributed by atoms with van der Waals surface area (Å²) in [5.74, 6) is 0. The van der Waals surface area contributed by atoms with Crippen molar-refractivity contribution in [2.45, 2.75) is 20.1 Å². The molecule has 0 aromatic carbocycles. The van der Waals surface area contributed by atoms with Crippen LogP contribution in [0.15, 0.2) is 0 Å². The number of hydrogen-bond acceptors (Lipinski definition) is 5. The van der Waals surface area contributed by atoms with Gasteiger partial charge in [0.2, 0.25) is 0 Å². The standard InChI is InChI=1S/C8H20O5Si/c1-5-11-14(12-6-2)13-7-8(9-3)10-4/h8,14H,5-7H2,1-4H3. The quantitative estimate of drug-likeness (QED) is 0.419. The Balaban J connectivity index is 3.67. The van der Waals surface area contributed by atoms with Crippen LogP contribution >= 0.6 is 0 Å². The maximum absolute atomic E-state index is 5.41. The lowest BCUT2D eigenvalue weighted by Crippen LogP contribution is -2.32. The molecule has 0 radical (unpaired) electrons. The number of hydrogen-bond donors (Lipinski definition) is 0. The van der Waals surface area contributed by atoms with Crippen LogP contribution in [0.25, 0.3) is 0 Å². The first-order chi connectivity index (χ1) is 6.78. The highest BCUT2D eigenvalue weighted by molar-refractivity contribution is 6.36. The van der Waals surface area contributed by atoms with Crippen molar-refractivity contribution >= 4 is 9.53 Å². The average Bonchev–Trinajstić information content (AvgIpc) is 2.20. The van der Waals surface area contributed by atoms with E-state index in [4.69, 9.17) is 22.8 Å². The van der Waals surface area contributed by atoms with Gasteiger partial charge in [-0.15, -0.1) is 0 Å². The topological polar surface area (TPSA) is 46.2 Å². The normalized spacial score (nSPS) is 11.6. The Bertz CT molecular complexity index is 114. The minimum absolute atomic E-state index is 0.337. The fourth-order valence-electron chi connectivity index (χ4n) is 0.806. The first kappa shape index (κ1) is 14.0. The van der Waals surface area contributed by atoms with Gasteiger partial charge in [0.15, 0.2) is 6.29 Å². The van der Waals surface area contributed by atoms with Gasteiger partial charge >= 0.3 is 9.53 Å². The van der Waals surface area contributed by atoms with Crippen LogP contribution in [0.4, 0.5) is 0 Å². The van der Waals surface area contributed by atoms with Crippen LogP contribution in [0.5, 0.6) is 0 Å². The molecule has 0 spiro atoms. The molecule has 0 saturated heterocycles. The van der Waals surface area contributed by atoms with Crippen LogP contribution in [0.3, 0.4) is 0 Å². The van der Waals surface area contributed by atoms with E-state index in [0.717, 1.165) is 0 Å². The Morgan fingerprint density at radius 3 is 1.79 bits per heavy atom. The van der Waals surface area contributed by atoms with E-state index < -0.39 is 9.53 Å². The zero-order valence-electron chi connectivity index (χ0n) is 9.32. The van der Waals surface area contributed by atoms with Crippen molar-refractivity contribution in [1.82, 2.24) is 0 Å². The second-order valence-corrected chi connectivity index (χ2v) is 4.01. The number of ether oxygens (including phenoxy) is 2. The lowest BCUT2D eigenvalue weighted by atomic mass is 10.7. The van der Waals surface area contributed by atoms with Crippen LogP contribution in [0.2, 0.25) is 0 Å². The summed E-state index contributed by atoms with van der Waals surface area (Å²) in [4.78, 5) is 0. The molecule has 0 aliphatic heterocycles. The fourth-order valence-corrected chi connectivity index (χ4v) is 1.95. The molecule has 14 heavy (non-hydrogen) atoms. The fraction of sp³-hybridized carbons (Fsp3) is 1.00. The third-order valence-electron chi connectivity index (χ3n) is 1.50. The van der Waals surface area contributed by atoms with E-state index in [9.17, 15) is 0 Å². The van der Waals surface area contributed by atoms with Gasteiger partial charge in [0.05, 0.1) is 6.61 Å². The van der Waals surface area contributed by atoms with Crippen LogP contribution in [0.1, 0.15) is 13.8 Å². The van der Waals surface area contributed by atoms with Crippen molar-refractivity contribution in [1.29, 1.82) is 0 Å². The molecule has 0 aliphatic rings. The predicted molar refractivity (Wildman–Crippen MR) is 54.2 cm³/mol. The summed E-state index contributed by atoms with van der Waals surface area (Å²) in [5.41, 5.74) is 0. The molecule has 0 aromatic heterocycles. The first-order valence-corrected chi connectivity index (χ1v) is 6.10. The van der Waals surface area contributed by atoms with Crippen molar-refractivity contribution < 1.29 is 22.8 Å². The Morgan fingerprint density at radius 2 is 1.43 bits per heavy atom. The van der Waals surface area contributed by atoms with E-state index in [1.165, 1.54) is 0 Å². The Morgan fingerprint density at radius 1 is 0.929 bits per heavy atom. The lowest BCUT2D eigenvalue weighted by Gasteiger charge is -2.18. The summed E-state index contributed by atoms with van der Waals surface area (Å²) in [6.45, 7) is 5.35. The molecule has 86 valence electrons. The molecular formula is C8H20O5Si. The van der Waals surface area contributed by atoms with Crippen LogP contribution in [-0.4, -0.2) is 49.9 Å². The van der Waals surface area contributed by atoms with Crippen molar-refractivity contribution in [2.75, 3.05) is 34.0 Å². The van der Waals surface area contributed by atoms with Gasteiger partial charge in [0.25, 0.3) is 0 Å². The number of rotatable bonds is 9. The molecule has 0 fully saturated rings. The molecule has 0 aromatic rings. The van der Waals surface area contributed by atoms with Gasteiger partial charge in [0, 0.05) is 27.4 Å². The highest BCUT2D eigenvalue weighted by atomic mass is 28.3. The summed E-state index contributed by atoms with van der Waals surface area (Å²) in [5, 5.41) is 0. The molecule has 0 saturated carbocycles. The summed E-state index contributed by atoms with van der Waals surface area (Å²) in [6, 6.07) is 0. The Kier molecular flexibility index (Phi) is 9.58. The summed E-state index contributed by atoms with van der Waals surface area (Å²) >= 11 is 0. The van der Waals surface area contributed by atoms with E-state index in [1.807, 2.05) is 13.8 Å². The summed E-state index contributed by atoms with van der Waals surface area (Å²) in [7, 11) is 1.15. The summed E-state index contributed by atoms with van der Waals surface area (Å²) < 4.78 is 26.0. The van der Waals surface area contributed by atoms with E-state index in [2.05, 4.69) is 0 Å². The second kappa shape index (κ2) is 9.57. The Hall–Kier alpha value is 0.0169. The highest BCUT2D eigenvalue weighted by Gasteiger charge is 2.16. The average molecular weight is 224 g/mol. The van der Waals surface area contributed by atoms with E-state index >= 15 is 0 Å². The molecule has 0 aliphatic carbocycles. The largest absolute Gasteiger partial charge is 0.484 e. The minimum atomic E-state index is -1.98. The molecule has 0 amide bonds. The zero-order valence-corrected chi connectivity index (χ0v) is 10.5. The van der Waals surface area contributed by atoms with Crippen LogP contribution in [0, 0.1) is 0 Å². The molecular weight excluding hydrogens is 204 g/mol. The maximum Gasteiger partial charge on any atom is 0.484 e. The van der Waals surface area contributed by atoms with Crippen LogP contribution < -0.4 is 0 Å². The second-order valence-electron chi connectivity index (χ2n) is 2.43. The van der Waals surface area contributed by atoms with Crippen molar-refractivity contribution in [3.8, 4) is 0 Å². The summed E-state index contributed by atoms with van der Waals surface area (Å²) in [6.07, 6.45) is -0.356. The molecule has 5 nitrogen and oxygen atoms in total. The third-order valence-corrected chi connectivity index (χ3v) is 3.18. The first-order valence-electron chi connectivity index (χ1n) is 4.68. The zero-order chi connectivity index (χ0) is 10.8. The van der Waals surface area contributed by atoms with E-state index in [1.54, 1.807) is 14.2 Å². The third kappa shape index (κ3) is 6.47. The van der Waals surface area contributed by atoms with E-state index in [0.29, 0.717) is 19.8 Å². The van der Waals surface area contributed by atoms with Crippen molar-refractivity contribution in [2.24, 2.45) is 0 Å². The molecule has 0 N–H and O–H groups in total. The molecule has 0 unspecified atom stereocenters.